The Balaban J connectivity index is 1.62. The first-order chi connectivity index (χ1) is 13.9. The van der Waals surface area contributed by atoms with Gasteiger partial charge in [-0.1, -0.05) is 30.4 Å². The normalized spacial score (nSPS) is 25.6. The maximum atomic E-state index is 13.1. The van der Waals surface area contributed by atoms with E-state index in [1.54, 1.807) is 36.2 Å². The van der Waals surface area contributed by atoms with Gasteiger partial charge < -0.3 is 9.84 Å². The maximum absolute atomic E-state index is 13.1. The van der Waals surface area contributed by atoms with Crippen LogP contribution >= 0.6 is 0 Å². The lowest BCUT2D eigenvalue weighted by Crippen LogP contribution is -3.13. The Hall–Kier alpha value is -3.29. The number of ketones is 1. The predicted octanol–water partition coefficient (Wildman–Crippen LogP) is 0.446. The molecule has 0 saturated heterocycles. The van der Waals surface area contributed by atoms with Gasteiger partial charge in [-0.25, -0.2) is 0 Å². The fraction of sp³-hybridized carbons (Fsp3) is 0.227. The molecule has 148 valence electrons. The first-order valence-corrected chi connectivity index (χ1v) is 9.31. The zero-order chi connectivity index (χ0) is 20.7. The number of carbonyl (C=O) groups is 2. The topological polar surface area (TPSA) is 86.5 Å². The number of hydrogen-bond acceptors (Lipinski definition) is 5. The number of allylic oxidation sites excluding steroid dienone is 1. The molecule has 2 aromatic carbocycles. The number of carbonyl (C=O) groups excluding carboxylic acids is 2. The summed E-state index contributed by atoms with van der Waals surface area (Å²) in [6.07, 6.45) is -1.37. The second kappa shape index (κ2) is 7.27. The molecule has 2 aromatic rings. The number of nitrogens with one attached hydrogen (secondary N) is 1. The summed E-state index contributed by atoms with van der Waals surface area (Å²) < 4.78 is 5.15. The van der Waals surface area contributed by atoms with Crippen molar-refractivity contribution in [3.8, 4) is 5.75 Å². The Morgan fingerprint density at radius 2 is 1.83 bits per heavy atom. The highest BCUT2D eigenvalue weighted by atomic mass is 16.5. The van der Waals surface area contributed by atoms with Crippen LogP contribution in [-0.4, -0.2) is 37.7 Å². The number of hydrogen-bond donors (Lipinski definition) is 1. The van der Waals surface area contributed by atoms with Crippen LogP contribution in [0.3, 0.4) is 0 Å². The van der Waals surface area contributed by atoms with E-state index in [1.807, 2.05) is 37.4 Å². The Labute approximate surface area is 168 Å². The number of quaternary nitrogens is 1. The largest absolute Gasteiger partial charge is 0.847 e. The van der Waals surface area contributed by atoms with Gasteiger partial charge in [-0.3, -0.25) is 14.6 Å². The molecule has 2 aliphatic rings. The Kier molecular flexibility index (Phi) is 4.77. The molecule has 1 saturated carbocycles. The van der Waals surface area contributed by atoms with E-state index in [0.29, 0.717) is 22.8 Å². The van der Waals surface area contributed by atoms with E-state index in [4.69, 9.17) is 4.74 Å². The summed E-state index contributed by atoms with van der Waals surface area (Å²) in [5, 5.41) is 15.1. The van der Waals surface area contributed by atoms with E-state index in [0.717, 1.165) is 5.01 Å². The molecule has 1 amide bonds. The molecule has 7 heteroatoms. The van der Waals surface area contributed by atoms with E-state index in [-0.39, 0.29) is 17.2 Å². The minimum Gasteiger partial charge on any atom is -0.847 e. The fourth-order valence-electron chi connectivity index (χ4n) is 3.77. The average molecular weight is 391 g/mol. The fourth-order valence-corrected chi connectivity index (χ4v) is 3.77. The number of aliphatic imine (C=N–C) groups is 1. The lowest BCUT2D eigenvalue weighted by atomic mass is 9.72. The standard InChI is InChI=1S/C22H20N3O4/c1-13-17(22(28)25(24(13)2)15-9-5-4-6-10-15)18-20(26)19(21(18)27)23-14-8-7-11-16(12-14)29-3/h4-12,18,20H,1-3H3/q-1/p+1. The van der Waals surface area contributed by atoms with Crippen LogP contribution in [0.2, 0.25) is 0 Å². The summed E-state index contributed by atoms with van der Waals surface area (Å²) in [4.78, 5) is 30.1. The van der Waals surface area contributed by atoms with Crippen molar-refractivity contribution in [1.29, 1.82) is 0 Å². The van der Waals surface area contributed by atoms with Crippen LogP contribution in [0.5, 0.6) is 5.75 Å². The number of nitrogens with zero attached hydrogens (tertiary/aromatic N) is 2. The number of para-hydroxylation sites is 1. The third kappa shape index (κ3) is 3.04. The quantitative estimate of drug-likeness (QED) is 0.820. The molecule has 1 N–H and O–H groups in total. The van der Waals surface area contributed by atoms with Gasteiger partial charge in [0.15, 0.2) is 5.78 Å². The molecule has 0 bridgehead atoms. The summed E-state index contributed by atoms with van der Waals surface area (Å²) >= 11 is 0. The van der Waals surface area contributed by atoms with Gasteiger partial charge in [0, 0.05) is 13.0 Å². The van der Waals surface area contributed by atoms with Gasteiger partial charge in [-0.2, -0.15) is 5.01 Å². The molecule has 1 fully saturated rings. The highest BCUT2D eigenvalue weighted by molar-refractivity contribution is 6.51. The second-order valence-electron chi connectivity index (χ2n) is 7.06. The molecule has 1 aliphatic carbocycles. The van der Waals surface area contributed by atoms with Crippen LogP contribution in [0.4, 0.5) is 11.4 Å². The minimum atomic E-state index is -1.37. The highest BCUT2D eigenvalue weighted by Crippen LogP contribution is 2.34. The van der Waals surface area contributed by atoms with Crippen LogP contribution in [0.15, 0.2) is 70.9 Å². The third-order valence-corrected chi connectivity index (χ3v) is 5.45. The van der Waals surface area contributed by atoms with Crippen LogP contribution in [0, 0.1) is 5.92 Å². The van der Waals surface area contributed by atoms with Gasteiger partial charge in [0.25, 0.3) is 0 Å². The number of ether oxygens (including phenoxy) is 1. The Morgan fingerprint density at radius 3 is 2.48 bits per heavy atom. The molecule has 0 radical (unpaired) electrons. The summed E-state index contributed by atoms with van der Waals surface area (Å²) in [7, 11) is 3.35. The minimum absolute atomic E-state index is 0.0489. The Bertz CT molecular complexity index is 1050. The van der Waals surface area contributed by atoms with Gasteiger partial charge in [-0.15, -0.1) is 5.01 Å². The first-order valence-electron chi connectivity index (χ1n) is 9.31. The van der Waals surface area contributed by atoms with Crippen molar-refractivity contribution < 1.29 is 24.4 Å². The highest BCUT2D eigenvalue weighted by Gasteiger charge is 2.51. The molecule has 29 heavy (non-hydrogen) atoms. The zero-order valence-corrected chi connectivity index (χ0v) is 16.4. The maximum Gasteiger partial charge on any atom is 0.306 e. The molecular formula is C22H21N3O4. The number of Topliss-reactive ketones (excluding diaryl/α,β-unsaturated/α-hetero) is 1. The number of methoxy groups -OCH3 is 1. The van der Waals surface area contributed by atoms with Crippen LogP contribution in [-0.2, 0) is 9.59 Å². The van der Waals surface area contributed by atoms with Crippen molar-refractivity contribution in [2.75, 3.05) is 19.2 Å². The van der Waals surface area contributed by atoms with Gasteiger partial charge in [0.1, 0.15) is 11.4 Å². The Morgan fingerprint density at radius 1 is 1.10 bits per heavy atom. The van der Waals surface area contributed by atoms with Crippen LogP contribution in [0.25, 0.3) is 0 Å². The van der Waals surface area contributed by atoms with Crippen LogP contribution < -0.4 is 19.9 Å². The lowest BCUT2D eigenvalue weighted by molar-refractivity contribution is -0.837. The molecule has 3 unspecified atom stereocenters. The summed E-state index contributed by atoms with van der Waals surface area (Å²) in [6.45, 7) is 1.78. The van der Waals surface area contributed by atoms with Gasteiger partial charge >= 0.3 is 5.91 Å². The number of rotatable bonds is 4. The lowest BCUT2D eigenvalue weighted by Gasteiger charge is -2.41. The predicted molar refractivity (Wildman–Crippen MR) is 106 cm³/mol. The van der Waals surface area contributed by atoms with Crippen LogP contribution in [0.1, 0.15) is 6.92 Å². The molecule has 3 atom stereocenters. The molecule has 1 aliphatic heterocycles. The van der Waals surface area contributed by atoms with E-state index in [1.165, 1.54) is 7.11 Å². The van der Waals surface area contributed by atoms with Gasteiger partial charge in [0.05, 0.1) is 42.7 Å². The number of amides is 1. The van der Waals surface area contributed by atoms with Crippen molar-refractivity contribution in [1.82, 2.24) is 0 Å². The van der Waals surface area contributed by atoms with E-state index < -0.39 is 17.8 Å². The molecular weight excluding hydrogens is 370 g/mol. The van der Waals surface area contributed by atoms with Gasteiger partial charge in [-0.05, 0) is 24.3 Å². The summed E-state index contributed by atoms with van der Waals surface area (Å²) in [5.74, 6) is -1.12. The summed E-state index contributed by atoms with van der Waals surface area (Å²) in [6, 6.07) is 16.0. The van der Waals surface area contributed by atoms with Crippen molar-refractivity contribution in [3.05, 3.63) is 65.9 Å². The average Bonchev–Trinajstić information content (AvgIpc) is 2.96. The van der Waals surface area contributed by atoms with Crippen molar-refractivity contribution >= 4 is 28.8 Å². The van der Waals surface area contributed by atoms with Crippen molar-refractivity contribution in [2.24, 2.45) is 10.9 Å². The molecule has 7 nitrogen and oxygen atoms in total. The summed E-state index contributed by atoms with van der Waals surface area (Å²) in [5.41, 5.74) is 2.10. The smallest absolute Gasteiger partial charge is 0.306 e. The number of anilines is 1. The molecule has 4 rings (SSSR count). The zero-order valence-electron chi connectivity index (χ0n) is 16.4. The van der Waals surface area contributed by atoms with Gasteiger partial charge in [0.2, 0.25) is 0 Å². The van der Waals surface area contributed by atoms with E-state index >= 15 is 0 Å². The SMILES string of the molecule is COc1cccc(N=C2C(=O)C(C3=C(C)[NH+](C)N(c4ccccc4)C3=O)C2[O-])c1. The van der Waals surface area contributed by atoms with Crippen molar-refractivity contribution in [3.63, 3.8) is 0 Å². The first kappa shape index (κ1) is 19.0. The van der Waals surface area contributed by atoms with Crippen molar-refractivity contribution in [2.45, 2.75) is 13.0 Å². The monoisotopic (exact) mass is 391 g/mol. The molecule has 0 spiro atoms. The second-order valence-corrected chi connectivity index (χ2v) is 7.06. The van der Waals surface area contributed by atoms with E-state index in [2.05, 4.69) is 4.99 Å². The molecule has 0 aromatic heterocycles. The number of benzene rings is 2. The molecule has 1 heterocycles. The third-order valence-electron chi connectivity index (χ3n) is 5.45. The van der Waals surface area contributed by atoms with E-state index in [9.17, 15) is 14.7 Å².